The first-order chi connectivity index (χ1) is 7.59. The van der Waals surface area contributed by atoms with Crippen LogP contribution in [-0.2, 0) is 4.74 Å². The van der Waals surface area contributed by atoms with E-state index in [1.54, 1.807) is 6.07 Å². The average molecular weight is 336 g/mol. The van der Waals surface area contributed by atoms with Crippen molar-refractivity contribution in [1.82, 2.24) is 0 Å². The van der Waals surface area contributed by atoms with Crippen LogP contribution in [-0.4, -0.2) is 25.8 Å². The molecule has 5 heteroatoms. The standard InChI is InChI=1S/C11H14FIN2O/c1-7-6-16-3-2-15(7)11-4-8(12)9(13)5-10(11)14/h4-5,7H,2-3,6,14H2,1H3. The maximum absolute atomic E-state index is 13.5. The van der Waals surface area contributed by atoms with Crippen LogP contribution in [0.4, 0.5) is 15.8 Å². The van der Waals surface area contributed by atoms with E-state index >= 15 is 0 Å². The molecule has 1 atom stereocenters. The summed E-state index contributed by atoms with van der Waals surface area (Å²) in [6.07, 6.45) is 0. The van der Waals surface area contributed by atoms with Gasteiger partial charge in [-0.2, -0.15) is 0 Å². The van der Waals surface area contributed by atoms with E-state index in [1.165, 1.54) is 6.07 Å². The van der Waals surface area contributed by atoms with E-state index in [9.17, 15) is 4.39 Å². The Labute approximate surface area is 108 Å². The third kappa shape index (κ3) is 2.24. The molecule has 0 saturated carbocycles. The highest BCUT2D eigenvalue weighted by Crippen LogP contribution is 2.29. The van der Waals surface area contributed by atoms with Gasteiger partial charge in [0, 0.05) is 18.7 Å². The minimum Gasteiger partial charge on any atom is -0.397 e. The molecular formula is C11H14FIN2O. The number of benzene rings is 1. The van der Waals surface area contributed by atoms with Gasteiger partial charge in [-0.15, -0.1) is 0 Å². The monoisotopic (exact) mass is 336 g/mol. The SMILES string of the molecule is CC1COCCN1c1cc(F)c(I)cc1N. The largest absolute Gasteiger partial charge is 0.397 e. The molecule has 0 amide bonds. The third-order valence-corrected chi connectivity index (χ3v) is 3.57. The predicted molar refractivity (Wildman–Crippen MR) is 71.2 cm³/mol. The van der Waals surface area contributed by atoms with E-state index in [1.807, 2.05) is 22.6 Å². The minimum atomic E-state index is -0.219. The maximum Gasteiger partial charge on any atom is 0.138 e. The smallest absolute Gasteiger partial charge is 0.138 e. The molecule has 1 aliphatic rings. The Balaban J connectivity index is 2.35. The van der Waals surface area contributed by atoms with Crippen LogP contribution in [0.3, 0.4) is 0 Å². The summed E-state index contributed by atoms with van der Waals surface area (Å²) >= 11 is 1.94. The third-order valence-electron chi connectivity index (χ3n) is 2.75. The highest BCUT2D eigenvalue weighted by molar-refractivity contribution is 14.1. The Bertz CT molecular complexity index is 400. The first-order valence-corrected chi connectivity index (χ1v) is 6.26. The van der Waals surface area contributed by atoms with Gasteiger partial charge in [0.15, 0.2) is 0 Å². The lowest BCUT2D eigenvalue weighted by molar-refractivity contribution is 0.0990. The Kier molecular flexibility index (Phi) is 3.53. The molecule has 0 bridgehead atoms. The van der Waals surface area contributed by atoms with E-state index in [2.05, 4.69) is 11.8 Å². The molecule has 2 N–H and O–H groups in total. The highest BCUT2D eigenvalue weighted by atomic mass is 127. The van der Waals surface area contributed by atoms with Gasteiger partial charge in [0.05, 0.1) is 28.2 Å². The molecule has 0 radical (unpaired) electrons. The molecule has 1 unspecified atom stereocenters. The lowest BCUT2D eigenvalue weighted by Gasteiger charge is -2.36. The molecule has 1 fully saturated rings. The van der Waals surface area contributed by atoms with Crippen molar-refractivity contribution < 1.29 is 9.13 Å². The first kappa shape index (κ1) is 11.9. The number of halogens is 2. The van der Waals surface area contributed by atoms with Gasteiger partial charge in [-0.05, 0) is 35.6 Å². The van der Waals surface area contributed by atoms with Crippen LogP contribution in [0.25, 0.3) is 0 Å². The van der Waals surface area contributed by atoms with Gasteiger partial charge in [-0.25, -0.2) is 4.39 Å². The van der Waals surface area contributed by atoms with E-state index in [-0.39, 0.29) is 11.9 Å². The molecule has 16 heavy (non-hydrogen) atoms. The van der Waals surface area contributed by atoms with Crippen molar-refractivity contribution in [2.75, 3.05) is 30.4 Å². The summed E-state index contributed by atoms with van der Waals surface area (Å²) in [6, 6.07) is 3.42. The molecule has 0 aromatic heterocycles. The van der Waals surface area contributed by atoms with Crippen LogP contribution in [0.5, 0.6) is 0 Å². The number of anilines is 2. The van der Waals surface area contributed by atoms with E-state index < -0.39 is 0 Å². The molecule has 1 saturated heterocycles. The van der Waals surface area contributed by atoms with Gasteiger partial charge in [-0.3, -0.25) is 0 Å². The molecule has 1 aliphatic heterocycles. The van der Waals surface area contributed by atoms with Crippen LogP contribution < -0.4 is 10.6 Å². The van der Waals surface area contributed by atoms with Gasteiger partial charge >= 0.3 is 0 Å². The number of nitrogens with zero attached hydrogens (tertiary/aromatic N) is 1. The van der Waals surface area contributed by atoms with Crippen molar-refractivity contribution in [3.05, 3.63) is 21.5 Å². The van der Waals surface area contributed by atoms with E-state index in [4.69, 9.17) is 10.5 Å². The van der Waals surface area contributed by atoms with E-state index in [0.29, 0.717) is 22.5 Å². The molecule has 1 aromatic rings. The molecule has 1 heterocycles. The maximum atomic E-state index is 13.5. The lowest BCUT2D eigenvalue weighted by atomic mass is 10.2. The average Bonchev–Trinajstić information content (AvgIpc) is 2.25. The Hall–Kier alpha value is -0.560. The number of hydrogen-bond donors (Lipinski definition) is 1. The van der Waals surface area contributed by atoms with Crippen LogP contribution in [0, 0.1) is 9.39 Å². The van der Waals surface area contributed by atoms with Crippen LogP contribution in [0.1, 0.15) is 6.92 Å². The lowest BCUT2D eigenvalue weighted by Crippen LogP contribution is -2.44. The number of morpholine rings is 1. The number of ether oxygens (including phenoxy) is 1. The van der Waals surface area contributed by atoms with Crippen molar-refractivity contribution in [3.8, 4) is 0 Å². The molecule has 88 valence electrons. The summed E-state index contributed by atoms with van der Waals surface area (Å²) in [4.78, 5) is 2.10. The summed E-state index contributed by atoms with van der Waals surface area (Å²) in [5.41, 5.74) is 7.33. The molecule has 0 spiro atoms. The Morgan fingerprint density at radius 1 is 1.56 bits per heavy atom. The molecule has 2 rings (SSSR count). The fourth-order valence-corrected chi connectivity index (χ4v) is 2.38. The number of nitrogens with two attached hydrogens (primary N) is 1. The summed E-state index contributed by atoms with van der Waals surface area (Å²) in [6.45, 7) is 4.13. The van der Waals surface area contributed by atoms with E-state index in [0.717, 1.165) is 12.2 Å². The number of rotatable bonds is 1. The second-order valence-electron chi connectivity index (χ2n) is 3.94. The van der Waals surface area contributed by atoms with Crippen LogP contribution in [0.15, 0.2) is 12.1 Å². The van der Waals surface area contributed by atoms with Crippen molar-refractivity contribution in [2.24, 2.45) is 0 Å². The molecular weight excluding hydrogens is 322 g/mol. The quantitative estimate of drug-likeness (QED) is 0.631. The van der Waals surface area contributed by atoms with Gasteiger partial charge in [-0.1, -0.05) is 0 Å². The summed E-state index contributed by atoms with van der Waals surface area (Å²) < 4.78 is 19.4. The zero-order valence-corrected chi connectivity index (χ0v) is 11.2. The molecule has 0 aliphatic carbocycles. The van der Waals surface area contributed by atoms with Gasteiger partial charge in [0.2, 0.25) is 0 Å². The fourth-order valence-electron chi connectivity index (χ4n) is 1.89. The summed E-state index contributed by atoms with van der Waals surface area (Å²) in [7, 11) is 0. The van der Waals surface area contributed by atoms with Crippen molar-refractivity contribution in [3.63, 3.8) is 0 Å². The van der Waals surface area contributed by atoms with Crippen molar-refractivity contribution >= 4 is 34.0 Å². The fraction of sp³-hybridized carbons (Fsp3) is 0.455. The second-order valence-corrected chi connectivity index (χ2v) is 5.10. The van der Waals surface area contributed by atoms with Gasteiger partial charge in [0.25, 0.3) is 0 Å². The molecule has 1 aromatic carbocycles. The Morgan fingerprint density at radius 3 is 3.00 bits per heavy atom. The second kappa shape index (κ2) is 4.75. The van der Waals surface area contributed by atoms with Crippen molar-refractivity contribution in [2.45, 2.75) is 13.0 Å². The number of hydrogen-bond acceptors (Lipinski definition) is 3. The predicted octanol–water partition coefficient (Wildman–Crippen LogP) is 2.24. The molecule has 3 nitrogen and oxygen atoms in total. The zero-order valence-electron chi connectivity index (χ0n) is 9.04. The van der Waals surface area contributed by atoms with Crippen LogP contribution >= 0.6 is 22.6 Å². The summed E-state index contributed by atoms with van der Waals surface area (Å²) in [5, 5.41) is 0. The van der Waals surface area contributed by atoms with Crippen molar-refractivity contribution in [1.29, 1.82) is 0 Å². The normalized spacial score (nSPS) is 21.2. The summed E-state index contributed by atoms with van der Waals surface area (Å²) in [5.74, 6) is -0.219. The topological polar surface area (TPSA) is 38.5 Å². The van der Waals surface area contributed by atoms with Gasteiger partial charge < -0.3 is 15.4 Å². The number of nitrogen functional groups attached to an aromatic ring is 1. The minimum absolute atomic E-state index is 0.219. The van der Waals surface area contributed by atoms with Crippen LogP contribution in [0.2, 0.25) is 0 Å². The first-order valence-electron chi connectivity index (χ1n) is 5.18. The zero-order chi connectivity index (χ0) is 11.7. The highest BCUT2D eigenvalue weighted by Gasteiger charge is 2.21. The van der Waals surface area contributed by atoms with Gasteiger partial charge in [0.1, 0.15) is 5.82 Å². The Morgan fingerprint density at radius 2 is 2.31 bits per heavy atom.